The van der Waals surface area contributed by atoms with Crippen molar-refractivity contribution in [1.29, 1.82) is 0 Å². The highest BCUT2D eigenvalue weighted by Gasteiger charge is 2.04. The van der Waals surface area contributed by atoms with Gasteiger partial charge in [0.05, 0.1) is 5.69 Å². The highest BCUT2D eigenvalue weighted by Crippen LogP contribution is 2.08. The van der Waals surface area contributed by atoms with E-state index in [2.05, 4.69) is 17.2 Å². The van der Waals surface area contributed by atoms with E-state index < -0.39 is 5.97 Å². The normalized spacial score (nSPS) is 12.3. The van der Waals surface area contributed by atoms with Crippen LogP contribution in [0.25, 0.3) is 0 Å². The van der Waals surface area contributed by atoms with Gasteiger partial charge in [0.15, 0.2) is 0 Å². The van der Waals surface area contributed by atoms with Crippen LogP contribution >= 0.6 is 0 Å². The van der Waals surface area contributed by atoms with Crippen molar-refractivity contribution >= 4 is 5.97 Å². The lowest BCUT2D eigenvalue weighted by Gasteiger charge is -2.12. The first-order valence-electron chi connectivity index (χ1n) is 6.06. The topological polar surface area (TPSA) is 62.2 Å². The minimum absolute atomic E-state index is 0.246. The number of unbranched alkanes of at least 4 members (excludes halogenated alkanes) is 2. The molecule has 0 fully saturated rings. The van der Waals surface area contributed by atoms with Crippen molar-refractivity contribution in [2.75, 3.05) is 6.54 Å². The second-order valence-corrected chi connectivity index (χ2v) is 4.13. The van der Waals surface area contributed by atoms with Gasteiger partial charge in [-0.25, -0.2) is 0 Å². The summed E-state index contributed by atoms with van der Waals surface area (Å²) in [5.41, 5.74) is 1.04. The van der Waals surface area contributed by atoms with Crippen LogP contribution in [0.2, 0.25) is 0 Å². The number of pyridine rings is 1. The molecule has 0 amide bonds. The molecule has 1 rings (SSSR count). The zero-order valence-electron chi connectivity index (χ0n) is 10.2. The molecule has 1 aromatic rings. The third kappa shape index (κ3) is 6.02. The summed E-state index contributed by atoms with van der Waals surface area (Å²) in [6.45, 7) is 2.98. The van der Waals surface area contributed by atoms with E-state index in [1.54, 1.807) is 6.20 Å². The molecule has 94 valence electrons. The van der Waals surface area contributed by atoms with E-state index >= 15 is 0 Å². The molecule has 0 saturated carbocycles. The van der Waals surface area contributed by atoms with Crippen LogP contribution in [0.15, 0.2) is 24.4 Å². The minimum atomic E-state index is -0.709. The Labute approximate surface area is 102 Å². The van der Waals surface area contributed by atoms with Gasteiger partial charge < -0.3 is 10.4 Å². The molecule has 0 saturated heterocycles. The molecule has 0 bridgehead atoms. The van der Waals surface area contributed by atoms with Crippen LogP contribution in [-0.2, 0) is 4.79 Å². The van der Waals surface area contributed by atoms with Gasteiger partial charge in [-0.05, 0) is 38.4 Å². The van der Waals surface area contributed by atoms with E-state index in [0.29, 0.717) is 0 Å². The van der Waals surface area contributed by atoms with Crippen LogP contribution in [0.4, 0.5) is 0 Å². The van der Waals surface area contributed by atoms with Crippen molar-refractivity contribution in [3.63, 3.8) is 0 Å². The monoisotopic (exact) mass is 236 g/mol. The van der Waals surface area contributed by atoms with Crippen LogP contribution in [0.1, 0.15) is 44.3 Å². The maximum absolute atomic E-state index is 10.3. The van der Waals surface area contributed by atoms with E-state index in [1.807, 2.05) is 18.2 Å². The van der Waals surface area contributed by atoms with Crippen LogP contribution in [0.5, 0.6) is 0 Å². The Hall–Kier alpha value is -1.42. The van der Waals surface area contributed by atoms with E-state index in [4.69, 9.17) is 5.11 Å². The average molecular weight is 236 g/mol. The Bertz CT molecular complexity index is 327. The number of carboxylic acid groups (broad SMARTS) is 1. The second-order valence-electron chi connectivity index (χ2n) is 4.13. The number of nitrogens with one attached hydrogen (secondary N) is 1. The lowest BCUT2D eigenvalue weighted by Crippen LogP contribution is -2.20. The minimum Gasteiger partial charge on any atom is -0.481 e. The predicted octanol–water partition coefficient (Wildman–Crippen LogP) is 2.38. The van der Waals surface area contributed by atoms with Crippen molar-refractivity contribution in [2.45, 2.75) is 38.6 Å². The number of aromatic nitrogens is 1. The zero-order valence-corrected chi connectivity index (χ0v) is 10.2. The third-order valence-electron chi connectivity index (χ3n) is 2.65. The summed E-state index contributed by atoms with van der Waals surface area (Å²) >= 11 is 0. The first-order chi connectivity index (χ1) is 8.20. The summed E-state index contributed by atoms with van der Waals surface area (Å²) in [6, 6.07) is 6.13. The standard InChI is InChI=1S/C13H20N2O2/c1-11(12-7-4-6-10-15-12)14-9-5-2-3-8-13(16)17/h4,6-7,10-11,14H,2-3,5,8-9H2,1H3,(H,16,17). The largest absolute Gasteiger partial charge is 0.481 e. The molecule has 17 heavy (non-hydrogen) atoms. The molecular weight excluding hydrogens is 216 g/mol. The Morgan fingerprint density at radius 1 is 1.41 bits per heavy atom. The summed E-state index contributed by atoms with van der Waals surface area (Å²) < 4.78 is 0. The number of rotatable bonds is 8. The van der Waals surface area contributed by atoms with Gasteiger partial charge in [-0.3, -0.25) is 9.78 Å². The number of carboxylic acids is 1. The van der Waals surface area contributed by atoms with Crippen LogP contribution in [-0.4, -0.2) is 22.6 Å². The lowest BCUT2D eigenvalue weighted by molar-refractivity contribution is -0.137. The molecule has 4 nitrogen and oxygen atoms in total. The summed E-state index contributed by atoms with van der Waals surface area (Å²) in [7, 11) is 0. The second kappa shape index (κ2) is 7.79. The fourth-order valence-electron chi connectivity index (χ4n) is 1.63. The van der Waals surface area contributed by atoms with Crippen molar-refractivity contribution < 1.29 is 9.90 Å². The maximum atomic E-state index is 10.3. The van der Waals surface area contributed by atoms with Crippen molar-refractivity contribution in [2.24, 2.45) is 0 Å². The predicted molar refractivity (Wildman–Crippen MR) is 66.8 cm³/mol. The summed E-state index contributed by atoms with van der Waals surface area (Å²) in [5, 5.41) is 11.9. The zero-order chi connectivity index (χ0) is 12.5. The van der Waals surface area contributed by atoms with Gasteiger partial charge >= 0.3 is 5.97 Å². The number of nitrogens with zero attached hydrogens (tertiary/aromatic N) is 1. The average Bonchev–Trinajstić information content (AvgIpc) is 2.34. The first-order valence-corrected chi connectivity index (χ1v) is 6.06. The van der Waals surface area contributed by atoms with Gasteiger partial charge in [-0.1, -0.05) is 12.5 Å². The quantitative estimate of drug-likeness (QED) is 0.680. The molecule has 4 heteroatoms. The highest BCUT2D eigenvalue weighted by atomic mass is 16.4. The molecule has 0 aromatic carbocycles. The summed E-state index contributed by atoms with van der Waals surface area (Å²) in [4.78, 5) is 14.6. The Morgan fingerprint density at radius 2 is 2.24 bits per heavy atom. The SMILES string of the molecule is CC(NCCCCCC(=O)O)c1ccccn1. The molecule has 1 heterocycles. The lowest BCUT2D eigenvalue weighted by atomic mass is 10.1. The molecule has 0 aliphatic rings. The molecule has 0 aliphatic carbocycles. The van der Waals surface area contributed by atoms with E-state index in [-0.39, 0.29) is 12.5 Å². The first kappa shape index (κ1) is 13.6. The number of carbonyl (C=O) groups is 1. The van der Waals surface area contributed by atoms with Gasteiger partial charge in [0, 0.05) is 18.7 Å². The van der Waals surface area contributed by atoms with E-state index in [9.17, 15) is 4.79 Å². The van der Waals surface area contributed by atoms with Crippen molar-refractivity contribution in [3.05, 3.63) is 30.1 Å². The van der Waals surface area contributed by atoms with Gasteiger partial charge in [0.25, 0.3) is 0 Å². The smallest absolute Gasteiger partial charge is 0.303 e. The van der Waals surface area contributed by atoms with Crippen LogP contribution < -0.4 is 5.32 Å². The number of hydrogen-bond donors (Lipinski definition) is 2. The number of aliphatic carboxylic acids is 1. The fraction of sp³-hybridized carbons (Fsp3) is 0.538. The van der Waals surface area contributed by atoms with Crippen LogP contribution in [0.3, 0.4) is 0 Å². The molecule has 1 atom stereocenters. The van der Waals surface area contributed by atoms with Gasteiger partial charge in [0.1, 0.15) is 0 Å². The molecule has 0 aliphatic heterocycles. The van der Waals surface area contributed by atoms with Gasteiger partial charge in [-0.15, -0.1) is 0 Å². The highest BCUT2D eigenvalue weighted by molar-refractivity contribution is 5.66. The van der Waals surface area contributed by atoms with Crippen molar-refractivity contribution in [3.8, 4) is 0 Å². The molecule has 1 aromatic heterocycles. The Morgan fingerprint density at radius 3 is 2.88 bits per heavy atom. The molecule has 0 spiro atoms. The summed E-state index contributed by atoms with van der Waals surface area (Å²) in [5.74, 6) is -0.709. The fourth-order valence-corrected chi connectivity index (χ4v) is 1.63. The summed E-state index contributed by atoms with van der Waals surface area (Å²) in [6.07, 6.45) is 4.78. The maximum Gasteiger partial charge on any atom is 0.303 e. The molecular formula is C13H20N2O2. The molecule has 0 radical (unpaired) electrons. The Balaban J connectivity index is 2.09. The number of hydrogen-bond acceptors (Lipinski definition) is 3. The Kier molecular flexibility index (Phi) is 6.25. The van der Waals surface area contributed by atoms with Gasteiger partial charge in [0.2, 0.25) is 0 Å². The third-order valence-corrected chi connectivity index (χ3v) is 2.65. The van der Waals surface area contributed by atoms with Crippen molar-refractivity contribution in [1.82, 2.24) is 10.3 Å². The molecule has 1 unspecified atom stereocenters. The van der Waals surface area contributed by atoms with Crippen LogP contribution in [0, 0.1) is 0 Å². The van der Waals surface area contributed by atoms with Gasteiger partial charge in [-0.2, -0.15) is 0 Å². The van der Waals surface area contributed by atoms with E-state index in [0.717, 1.165) is 31.5 Å². The molecule has 2 N–H and O–H groups in total. The van der Waals surface area contributed by atoms with E-state index in [1.165, 1.54) is 0 Å².